The summed E-state index contributed by atoms with van der Waals surface area (Å²) in [6.07, 6.45) is 0.593. The van der Waals surface area contributed by atoms with Crippen LogP contribution < -0.4 is 0 Å². The van der Waals surface area contributed by atoms with Crippen molar-refractivity contribution in [2.24, 2.45) is 5.41 Å². The van der Waals surface area contributed by atoms with Crippen molar-refractivity contribution in [2.45, 2.75) is 6.42 Å². The van der Waals surface area contributed by atoms with Gasteiger partial charge in [-0.25, -0.2) is 0 Å². The van der Waals surface area contributed by atoms with Gasteiger partial charge in [-0.1, -0.05) is 0 Å². The molecule has 6 heteroatoms. The standard InChI is InChI=1S/C8H15BNO4/c1-13-7(12)8(6-11)3-4-10(5-8)9-14-2/h11H,3-6H2,1-2H3. The summed E-state index contributed by atoms with van der Waals surface area (Å²) < 4.78 is 9.52. The Labute approximate surface area is 84.3 Å². The molecule has 0 aromatic carbocycles. The molecule has 14 heavy (non-hydrogen) atoms. The van der Waals surface area contributed by atoms with E-state index in [1.54, 1.807) is 14.7 Å². The number of hydrogen-bond acceptors (Lipinski definition) is 5. The molecule has 5 nitrogen and oxygen atoms in total. The summed E-state index contributed by atoms with van der Waals surface area (Å²) in [6, 6.07) is 0. The van der Waals surface area contributed by atoms with Crippen LogP contribution in [-0.2, 0) is 14.2 Å². The van der Waals surface area contributed by atoms with E-state index in [9.17, 15) is 9.90 Å². The van der Waals surface area contributed by atoms with Gasteiger partial charge >= 0.3 is 13.6 Å². The second kappa shape index (κ2) is 4.77. The molecule has 1 aliphatic heterocycles. The van der Waals surface area contributed by atoms with Crippen LogP contribution in [0.2, 0.25) is 0 Å². The lowest BCUT2D eigenvalue weighted by atomic mass is 9.88. The first-order chi connectivity index (χ1) is 6.68. The van der Waals surface area contributed by atoms with Crippen molar-refractivity contribution in [3.63, 3.8) is 0 Å². The first-order valence-electron chi connectivity index (χ1n) is 4.48. The number of methoxy groups -OCH3 is 1. The Kier molecular flexibility index (Phi) is 3.91. The van der Waals surface area contributed by atoms with Gasteiger partial charge in [0.15, 0.2) is 0 Å². The van der Waals surface area contributed by atoms with E-state index in [2.05, 4.69) is 4.74 Å². The van der Waals surface area contributed by atoms with Gasteiger partial charge in [-0.15, -0.1) is 0 Å². The molecule has 1 heterocycles. The van der Waals surface area contributed by atoms with Crippen LogP contribution in [0.4, 0.5) is 0 Å². The topological polar surface area (TPSA) is 59.0 Å². The number of aliphatic hydroxyl groups is 1. The van der Waals surface area contributed by atoms with Crippen molar-refractivity contribution in [1.82, 2.24) is 4.81 Å². The van der Waals surface area contributed by atoms with Crippen LogP contribution in [0.3, 0.4) is 0 Å². The maximum Gasteiger partial charge on any atom is 0.398 e. The van der Waals surface area contributed by atoms with Gasteiger partial charge in [0.2, 0.25) is 0 Å². The Morgan fingerprint density at radius 2 is 2.36 bits per heavy atom. The highest BCUT2D eigenvalue weighted by molar-refractivity contribution is 6.23. The quantitative estimate of drug-likeness (QED) is 0.467. The molecule has 1 aliphatic rings. The van der Waals surface area contributed by atoms with E-state index in [-0.39, 0.29) is 12.6 Å². The maximum atomic E-state index is 11.5. The number of aliphatic hydroxyl groups excluding tert-OH is 1. The van der Waals surface area contributed by atoms with Gasteiger partial charge in [0.05, 0.1) is 13.7 Å². The van der Waals surface area contributed by atoms with Crippen LogP contribution in [0.1, 0.15) is 6.42 Å². The van der Waals surface area contributed by atoms with Gasteiger partial charge in [-0.05, 0) is 13.0 Å². The Bertz CT molecular complexity index is 214. The van der Waals surface area contributed by atoms with Gasteiger partial charge in [0.25, 0.3) is 0 Å². The molecule has 1 atom stereocenters. The van der Waals surface area contributed by atoms with Gasteiger partial charge in [0.1, 0.15) is 5.41 Å². The van der Waals surface area contributed by atoms with E-state index < -0.39 is 5.41 Å². The fraction of sp³-hybridized carbons (Fsp3) is 0.875. The van der Waals surface area contributed by atoms with Crippen molar-refractivity contribution >= 4 is 13.6 Å². The average Bonchev–Trinajstić information content (AvgIpc) is 2.62. The van der Waals surface area contributed by atoms with Crippen molar-refractivity contribution in [3.8, 4) is 0 Å². The largest absolute Gasteiger partial charge is 0.468 e. The summed E-state index contributed by atoms with van der Waals surface area (Å²) in [5, 5.41) is 9.22. The number of carbonyl (C=O) groups is 1. The van der Waals surface area contributed by atoms with Crippen molar-refractivity contribution in [3.05, 3.63) is 0 Å². The zero-order valence-electron chi connectivity index (χ0n) is 8.52. The number of esters is 1. The molecule has 79 valence electrons. The van der Waals surface area contributed by atoms with Crippen LogP contribution in [0.15, 0.2) is 0 Å². The third-order valence-electron chi connectivity index (χ3n) is 2.56. The molecular formula is C8H15BNO4. The van der Waals surface area contributed by atoms with E-state index >= 15 is 0 Å². The van der Waals surface area contributed by atoms with Crippen molar-refractivity contribution < 1.29 is 19.3 Å². The molecule has 0 bridgehead atoms. The van der Waals surface area contributed by atoms with E-state index in [0.29, 0.717) is 19.5 Å². The number of ether oxygens (including phenoxy) is 1. The van der Waals surface area contributed by atoms with E-state index in [1.165, 1.54) is 7.11 Å². The van der Waals surface area contributed by atoms with E-state index in [1.807, 2.05) is 4.81 Å². The normalized spacial score (nSPS) is 27.6. The predicted octanol–water partition coefficient (Wildman–Crippen LogP) is -0.976. The fourth-order valence-corrected chi connectivity index (χ4v) is 1.72. The lowest BCUT2D eigenvalue weighted by molar-refractivity contribution is -0.154. The molecule has 1 rings (SSSR count). The lowest BCUT2D eigenvalue weighted by Gasteiger charge is -2.23. The van der Waals surface area contributed by atoms with Crippen molar-refractivity contribution in [2.75, 3.05) is 33.9 Å². The van der Waals surface area contributed by atoms with Gasteiger partial charge in [-0.2, -0.15) is 0 Å². The summed E-state index contributed by atoms with van der Waals surface area (Å²) >= 11 is 0. The molecule has 0 amide bonds. The Morgan fingerprint density at radius 3 is 2.86 bits per heavy atom. The monoisotopic (exact) mass is 200 g/mol. The summed E-state index contributed by atoms with van der Waals surface area (Å²) in [6.45, 7) is 0.960. The summed E-state index contributed by atoms with van der Waals surface area (Å²) in [4.78, 5) is 13.3. The molecule has 1 N–H and O–H groups in total. The first kappa shape index (κ1) is 11.5. The smallest absolute Gasteiger partial charge is 0.398 e. The number of carbonyl (C=O) groups excluding carboxylic acids is 1. The predicted molar refractivity (Wildman–Crippen MR) is 50.5 cm³/mol. The van der Waals surface area contributed by atoms with Crippen LogP contribution in [-0.4, -0.2) is 57.4 Å². The molecule has 0 aliphatic carbocycles. The minimum atomic E-state index is -0.774. The van der Waals surface area contributed by atoms with Crippen LogP contribution in [0, 0.1) is 5.41 Å². The second-order valence-electron chi connectivity index (χ2n) is 3.49. The highest BCUT2D eigenvalue weighted by Gasteiger charge is 2.45. The minimum absolute atomic E-state index is 0.187. The van der Waals surface area contributed by atoms with Gasteiger partial charge in [-0.3, -0.25) is 4.79 Å². The lowest BCUT2D eigenvalue weighted by Crippen LogP contribution is -2.40. The average molecular weight is 200 g/mol. The van der Waals surface area contributed by atoms with Crippen LogP contribution in [0.5, 0.6) is 0 Å². The fourth-order valence-electron chi connectivity index (χ4n) is 1.72. The number of hydrogen-bond donors (Lipinski definition) is 1. The second-order valence-corrected chi connectivity index (χ2v) is 3.49. The molecule has 0 saturated carbocycles. The van der Waals surface area contributed by atoms with Crippen molar-refractivity contribution in [1.29, 1.82) is 0 Å². The summed E-state index contributed by atoms with van der Waals surface area (Å²) in [5.41, 5.74) is -0.774. The first-order valence-corrected chi connectivity index (χ1v) is 4.48. The molecule has 1 saturated heterocycles. The van der Waals surface area contributed by atoms with Gasteiger partial charge < -0.3 is 19.3 Å². The van der Waals surface area contributed by atoms with Crippen LogP contribution >= 0.6 is 0 Å². The molecule has 0 aromatic heterocycles. The molecule has 1 radical (unpaired) electrons. The zero-order chi connectivity index (χ0) is 10.6. The Hall–Kier alpha value is -0.585. The number of rotatable bonds is 4. The molecule has 1 fully saturated rings. The molecular weight excluding hydrogens is 185 g/mol. The molecule has 0 aromatic rings. The third-order valence-corrected chi connectivity index (χ3v) is 2.56. The molecule has 1 unspecified atom stereocenters. The highest BCUT2D eigenvalue weighted by atomic mass is 16.5. The Balaban J connectivity index is 2.61. The van der Waals surface area contributed by atoms with E-state index in [0.717, 1.165) is 0 Å². The third kappa shape index (κ3) is 2.08. The van der Waals surface area contributed by atoms with Gasteiger partial charge in [0, 0.05) is 13.7 Å². The molecule has 0 spiro atoms. The van der Waals surface area contributed by atoms with E-state index in [4.69, 9.17) is 4.65 Å². The van der Waals surface area contributed by atoms with Crippen LogP contribution in [0.25, 0.3) is 0 Å². The number of nitrogens with zero attached hydrogens (tertiary/aromatic N) is 1. The summed E-state index contributed by atoms with van der Waals surface area (Å²) in [7, 11) is 4.44. The summed E-state index contributed by atoms with van der Waals surface area (Å²) in [5.74, 6) is -0.355. The maximum absolute atomic E-state index is 11.5. The SMILES string of the molecule is CO[B]N1CCC(CO)(C(=O)OC)C1. The Morgan fingerprint density at radius 1 is 1.64 bits per heavy atom. The minimum Gasteiger partial charge on any atom is -0.468 e. The highest BCUT2D eigenvalue weighted by Crippen LogP contribution is 2.30. The zero-order valence-corrected chi connectivity index (χ0v) is 8.52.